The highest BCUT2D eigenvalue weighted by atomic mass is 79.9. The Morgan fingerprint density at radius 1 is 1.29 bits per heavy atom. The molecule has 1 amide bonds. The number of rotatable bonds is 3. The van der Waals surface area contributed by atoms with Gasteiger partial charge < -0.3 is 9.32 Å². The van der Waals surface area contributed by atoms with E-state index in [1.807, 2.05) is 17.2 Å². The van der Waals surface area contributed by atoms with E-state index in [-0.39, 0.29) is 5.91 Å². The minimum absolute atomic E-state index is 0.0247. The zero-order valence-electron chi connectivity index (χ0n) is 11.5. The van der Waals surface area contributed by atoms with Gasteiger partial charge in [0.2, 0.25) is 0 Å². The van der Waals surface area contributed by atoms with Crippen LogP contribution < -0.4 is 0 Å². The van der Waals surface area contributed by atoms with E-state index >= 15 is 0 Å². The number of hydrogen-bond donors (Lipinski definition) is 0. The van der Waals surface area contributed by atoms with E-state index in [4.69, 9.17) is 4.42 Å². The zero-order valence-corrected chi connectivity index (χ0v) is 13.1. The summed E-state index contributed by atoms with van der Waals surface area (Å²) in [6.45, 7) is 4.09. The number of pyridine rings is 1. The van der Waals surface area contributed by atoms with Gasteiger partial charge in [0.25, 0.3) is 5.91 Å². The van der Waals surface area contributed by atoms with Crippen molar-refractivity contribution in [3.05, 3.63) is 52.7 Å². The fourth-order valence-electron chi connectivity index (χ4n) is 2.48. The molecule has 0 unspecified atom stereocenters. The van der Waals surface area contributed by atoms with Gasteiger partial charge in [0.1, 0.15) is 0 Å². The van der Waals surface area contributed by atoms with Crippen LogP contribution >= 0.6 is 15.9 Å². The van der Waals surface area contributed by atoms with Crippen LogP contribution in [0.2, 0.25) is 0 Å². The van der Waals surface area contributed by atoms with Crippen molar-refractivity contribution >= 4 is 21.8 Å². The summed E-state index contributed by atoms with van der Waals surface area (Å²) in [4.78, 5) is 20.7. The Kier molecular flexibility index (Phi) is 4.36. The molecule has 1 fully saturated rings. The molecule has 1 aliphatic heterocycles. The lowest BCUT2D eigenvalue weighted by Crippen LogP contribution is -2.48. The van der Waals surface area contributed by atoms with Crippen LogP contribution in [0.4, 0.5) is 0 Å². The first-order valence-electron chi connectivity index (χ1n) is 6.87. The van der Waals surface area contributed by atoms with Gasteiger partial charge in [0.05, 0.1) is 11.8 Å². The van der Waals surface area contributed by atoms with Gasteiger partial charge in [0, 0.05) is 45.1 Å². The average molecular weight is 350 g/mol. The third kappa shape index (κ3) is 3.33. The van der Waals surface area contributed by atoms with E-state index in [1.54, 1.807) is 12.3 Å². The maximum absolute atomic E-state index is 12.4. The van der Waals surface area contributed by atoms with Crippen LogP contribution in [-0.2, 0) is 6.54 Å². The number of hydrogen-bond acceptors (Lipinski definition) is 4. The molecule has 6 heteroatoms. The predicted octanol–water partition coefficient (Wildman–Crippen LogP) is 2.40. The van der Waals surface area contributed by atoms with Crippen molar-refractivity contribution in [1.29, 1.82) is 0 Å². The van der Waals surface area contributed by atoms with Gasteiger partial charge in [-0.05, 0) is 33.6 Å². The van der Waals surface area contributed by atoms with Crippen LogP contribution in [0.3, 0.4) is 0 Å². The van der Waals surface area contributed by atoms with Crippen LogP contribution in [0.15, 0.2) is 45.9 Å². The second kappa shape index (κ2) is 6.41. The number of carbonyl (C=O) groups is 1. The summed E-state index contributed by atoms with van der Waals surface area (Å²) >= 11 is 3.26. The lowest BCUT2D eigenvalue weighted by molar-refractivity contribution is 0.0626. The quantitative estimate of drug-likeness (QED) is 0.853. The van der Waals surface area contributed by atoms with Crippen molar-refractivity contribution in [2.45, 2.75) is 6.54 Å². The molecule has 3 heterocycles. The summed E-state index contributed by atoms with van der Waals surface area (Å²) in [7, 11) is 0. The Bertz CT molecular complexity index is 606. The molecule has 110 valence electrons. The summed E-state index contributed by atoms with van der Waals surface area (Å²) in [6.07, 6.45) is 5.19. The van der Waals surface area contributed by atoms with Crippen LogP contribution in [0.1, 0.15) is 15.9 Å². The highest BCUT2D eigenvalue weighted by Crippen LogP contribution is 2.20. The molecule has 0 aromatic carbocycles. The van der Waals surface area contributed by atoms with Crippen molar-refractivity contribution in [1.82, 2.24) is 14.8 Å². The Morgan fingerprint density at radius 2 is 2.10 bits per heavy atom. The van der Waals surface area contributed by atoms with Crippen molar-refractivity contribution in [3.63, 3.8) is 0 Å². The summed E-state index contributed by atoms with van der Waals surface area (Å²) < 4.78 is 5.63. The molecule has 0 aliphatic carbocycles. The van der Waals surface area contributed by atoms with Crippen LogP contribution in [0, 0.1) is 0 Å². The van der Waals surface area contributed by atoms with E-state index in [0.29, 0.717) is 10.2 Å². The third-order valence-corrected chi connectivity index (χ3v) is 4.25. The topological polar surface area (TPSA) is 49.6 Å². The average Bonchev–Trinajstić information content (AvgIpc) is 2.94. The minimum Gasteiger partial charge on any atom is -0.457 e. The first kappa shape index (κ1) is 14.3. The van der Waals surface area contributed by atoms with Crippen molar-refractivity contribution in [2.24, 2.45) is 0 Å². The van der Waals surface area contributed by atoms with E-state index < -0.39 is 0 Å². The molecule has 0 N–H and O–H groups in total. The second-order valence-electron chi connectivity index (χ2n) is 5.04. The molecule has 1 aliphatic rings. The maximum Gasteiger partial charge on any atom is 0.258 e. The fourth-order valence-corrected chi connectivity index (χ4v) is 2.89. The number of nitrogens with zero attached hydrogens (tertiary/aromatic N) is 3. The Labute approximate surface area is 131 Å². The summed E-state index contributed by atoms with van der Waals surface area (Å²) in [6, 6.07) is 5.73. The number of carbonyl (C=O) groups excluding carboxylic acids is 1. The molecule has 5 nitrogen and oxygen atoms in total. The normalized spacial score (nSPS) is 16.1. The highest BCUT2D eigenvalue weighted by molar-refractivity contribution is 9.10. The highest BCUT2D eigenvalue weighted by Gasteiger charge is 2.24. The number of furan rings is 1. The smallest absolute Gasteiger partial charge is 0.258 e. The zero-order chi connectivity index (χ0) is 14.7. The SMILES string of the molecule is O=C(c1ccoc1Br)N1CCN(Cc2cccnc2)CC1. The molecule has 21 heavy (non-hydrogen) atoms. The lowest BCUT2D eigenvalue weighted by Gasteiger charge is -2.34. The monoisotopic (exact) mass is 349 g/mol. The van der Waals surface area contributed by atoms with Gasteiger partial charge in [-0.15, -0.1) is 0 Å². The van der Waals surface area contributed by atoms with Gasteiger partial charge in [-0.3, -0.25) is 14.7 Å². The molecule has 0 spiro atoms. The molecular weight excluding hydrogens is 334 g/mol. The number of aromatic nitrogens is 1. The maximum atomic E-state index is 12.4. The molecule has 1 saturated heterocycles. The van der Waals surface area contributed by atoms with Crippen LogP contribution in [0.5, 0.6) is 0 Å². The molecule has 2 aromatic heterocycles. The Balaban J connectivity index is 1.56. The number of piperazine rings is 1. The molecule has 0 bridgehead atoms. The summed E-state index contributed by atoms with van der Waals surface area (Å²) in [5.41, 5.74) is 1.80. The third-order valence-electron chi connectivity index (χ3n) is 3.64. The van der Waals surface area contributed by atoms with E-state index in [2.05, 4.69) is 31.9 Å². The molecule has 0 saturated carbocycles. The Hall–Kier alpha value is -1.66. The first-order valence-corrected chi connectivity index (χ1v) is 7.67. The molecule has 3 rings (SSSR count). The summed E-state index contributed by atoms with van der Waals surface area (Å²) in [5, 5.41) is 0. The number of halogens is 1. The van der Waals surface area contributed by atoms with Crippen LogP contribution in [-0.4, -0.2) is 46.9 Å². The standard InChI is InChI=1S/C15H16BrN3O2/c16-14-13(3-9-21-14)15(20)19-7-5-18(6-8-19)11-12-2-1-4-17-10-12/h1-4,9-10H,5-8,11H2. The second-order valence-corrected chi connectivity index (χ2v) is 5.76. The van der Waals surface area contributed by atoms with Gasteiger partial charge in [-0.2, -0.15) is 0 Å². The first-order chi connectivity index (χ1) is 10.2. The predicted molar refractivity (Wildman–Crippen MR) is 81.8 cm³/mol. The minimum atomic E-state index is 0.0247. The Morgan fingerprint density at radius 3 is 2.71 bits per heavy atom. The molecule has 2 aromatic rings. The van der Waals surface area contributed by atoms with Crippen molar-refractivity contribution in [2.75, 3.05) is 26.2 Å². The van der Waals surface area contributed by atoms with E-state index in [1.165, 1.54) is 11.8 Å². The molecular formula is C15H16BrN3O2. The fraction of sp³-hybridized carbons (Fsp3) is 0.333. The molecule has 0 atom stereocenters. The van der Waals surface area contributed by atoms with E-state index in [9.17, 15) is 4.79 Å². The lowest BCUT2D eigenvalue weighted by atomic mass is 10.2. The van der Waals surface area contributed by atoms with Crippen molar-refractivity contribution in [3.8, 4) is 0 Å². The largest absolute Gasteiger partial charge is 0.457 e. The molecule has 0 radical (unpaired) electrons. The summed E-state index contributed by atoms with van der Waals surface area (Å²) in [5.74, 6) is 0.0247. The number of amides is 1. The van der Waals surface area contributed by atoms with Gasteiger partial charge in [-0.1, -0.05) is 6.07 Å². The van der Waals surface area contributed by atoms with Crippen molar-refractivity contribution < 1.29 is 9.21 Å². The van der Waals surface area contributed by atoms with Gasteiger partial charge >= 0.3 is 0 Å². The van der Waals surface area contributed by atoms with E-state index in [0.717, 1.165) is 32.7 Å². The van der Waals surface area contributed by atoms with Crippen LogP contribution in [0.25, 0.3) is 0 Å². The van der Waals surface area contributed by atoms with Gasteiger partial charge in [-0.25, -0.2) is 0 Å². The van der Waals surface area contributed by atoms with Gasteiger partial charge in [0.15, 0.2) is 4.67 Å².